The van der Waals surface area contributed by atoms with E-state index in [0.717, 1.165) is 94.7 Å². The number of fused-ring (bicyclic) bond motifs is 6. The number of aromatic nitrogens is 4. The Morgan fingerprint density at radius 2 is 0.739 bits per heavy atom. The Morgan fingerprint density at radius 1 is 0.246 bits per heavy atom. The maximum atomic E-state index is 5.48. The van der Waals surface area contributed by atoms with Gasteiger partial charge in [0.05, 0.1) is 33.6 Å². The zero-order valence-electron chi connectivity index (χ0n) is 37.5. The monoisotopic (exact) mass is 878 g/mol. The van der Waals surface area contributed by atoms with Crippen LogP contribution in [0.1, 0.15) is 0 Å². The van der Waals surface area contributed by atoms with Crippen molar-refractivity contribution in [3.8, 4) is 84.2 Å². The first-order valence-electron chi connectivity index (χ1n) is 23.4. The number of hydrogen-bond acceptors (Lipinski definition) is 3. The Morgan fingerprint density at radius 3 is 1.38 bits per heavy atom. The molecule has 0 aliphatic heterocycles. The van der Waals surface area contributed by atoms with E-state index in [4.69, 9.17) is 15.0 Å². The fourth-order valence-electron chi connectivity index (χ4n) is 9.98. The van der Waals surface area contributed by atoms with Gasteiger partial charge in [-0.2, -0.15) is 0 Å². The summed E-state index contributed by atoms with van der Waals surface area (Å²) in [5, 5.41) is 5.85. The molecule has 0 N–H and O–H groups in total. The molecule has 69 heavy (non-hydrogen) atoms. The molecule has 10 aromatic carbocycles. The van der Waals surface area contributed by atoms with Gasteiger partial charge in [0.1, 0.15) is 0 Å². The highest BCUT2D eigenvalue weighted by atomic mass is 15.0. The molecule has 0 bridgehead atoms. The topological polar surface area (TPSA) is 43.6 Å². The summed E-state index contributed by atoms with van der Waals surface area (Å²) in [6.45, 7) is 0. The molecule has 4 heteroatoms. The molecule has 0 atom stereocenters. The molecule has 0 spiro atoms. The lowest BCUT2D eigenvalue weighted by Crippen LogP contribution is -1.96. The summed E-state index contributed by atoms with van der Waals surface area (Å²) in [7, 11) is 0. The lowest BCUT2D eigenvalue weighted by Gasteiger charge is -2.14. The SMILES string of the molecule is c1ccc(-c2cccc(-c3cc(-c4cccc(-c5ccccc5)c4)nc(-c4ccc(-c5ccc6c(c5)nc(-c5ccccc5)c5cc7c8ccccc8n(-c8ccccc8)c7cc56)cc4)n3)c2)cc1. The minimum absolute atomic E-state index is 0.669. The fraction of sp³-hybridized carbons (Fsp3) is 0. The van der Waals surface area contributed by atoms with E-state index in [0.29, 0.717) is 5.82 Å². The maximum Gasteiger partial charge on any atom is 0.160 e. The van der Waals surface area contributed by atoms with Crippen molar-refractivity contribution in [2.24, 2.45) is 0 Å². The molecular weight excluding hydrogens is 837 g/mol. The summed E-state index contributed by atoms with van der Waals surface area (Å²) in [6, 6.07) is 90.4. The summed E-state index contributed by atoms with van der Waals surface area (Å²) in [5.41, 5.74) is 18.0. The summed E-state index contributed by atoms with van der Waals surface area (Å²) in [5.74, 6) is 0.669. The molecule has 0 amide bonds. The van der Waals surface area contributed by atoms with Gasteiger partial charge in [-0.25, -0.2) is 15.0 Å². The quantitative estimate of drug-likeness (QED) is 0.143. The molecule has 0 saturated carbocycles. The number of nitrogens with zero attached hydrogens (tertiary/aromatic N) is 4. The Kier molecular flexibility index (Phi) is 9.80. The van der Waals surface area contributed by atoms with Crippen molar-refractivity contribution in [3.05, 3.63) is 255 Å². The summed E-state index contributed by atoms with van der Waals surface area (Å²) < 4.78 is 2.39. The van der Waals surface area contributed by atoms with Gasteiger partial charge in [-0.05, 0) is 93.4 Å². The van der Waals surface area contributed by atoms with Gasteiger partial charge in [0, 0.05) is 49.5 Å². The van der Waals surface area contributed by atoms with Crippen molar-refractivity contribution >= 4 is 43.5 Å². The maximum absolute atomic E-state index is 5.48. The van der Waals surface area contributed by atoms with Crippen LogP contribution in [0.2, 0.25) is 0 Å². The van der Waals surface area contributed by atoms with Crippen LogP contribution in [0.15, 0.2) is 255 Å². The second-order valence-electron chi connectivity index (χ2n) is 17.6. The normalized spacial score (nSPS) is 11.5. The first-order chi connectivity index (χ1) is 34.2. The van der Waals surface area contributed by atoms with Crippen LogP contribution in [0.5, 0.6) is 0 Å². The first kappa shape index (κ1) is 40.1. The van der Waals surface area contributed by atoms with Gasteiger partial charge in [0.15, 0.2) is 5.82 Å². The highest BCUT2D eigenvalue weighted by Gasteiger charge is 2.19. The van der Waals surface area contributed by atoms with Crippen LogP contribution in [-0.2, 0) is 0 Å². The van der Waals surface area contributed by atoms with Gasteiger partial charge in [-0.15, -0.1) is 0 Å². The van der Waals surface area contributed by atoms with Crippen LogP contribution < -0.4 is 0 Å². The zero-order chi connectivity index (χ0) is 45.7. The number of rotatable bonds is 8. The summed E-state index contributed by atoms with van der Waals surface area (Å²) >= 11 is 0. The van der Waals surface area contributed by atoms with Crippen LogP contribution in [-0.4, -0.2) is 19.5 Å². The smallest absolute Gasteiger partial charge is 0.160 e. The number of para-hydroxylation sites is 2. The van der Waals surface area contributed by atoms with Crippen LogP contribution in [0.3, 0.4) is 0 Å². The number of pyridine rings is 1. The van der Waals surface area contributed by atoms with Gasteiger partial charge < -0.3 is 4.57 Å². The van der Waals surface area contributed by atoms with E-state index in [1.54, 1.807) is 0 Å². The molecule has 4 nitrogen and oxygen atoms in total. The van der Waals surface area contributed by atoms with E-state index >= 15 is 0 Å². The molecule has 0 saturated heterocycles. The predicted molar refractivity (Wildman–Crippen MR) is 287 cm³/mol. The van der Waals surface area contributed by atoms with Gasteiger partial charge in [0.25, 0.3) is 0 Å². The third-order valence-electron chi connectivity index (χ3n) is 13.4. The van der Waals surface area contributed by atoms with Crippen LogP contribution in [0, 0.1) is 0 Å². The third kappa shape index (κ3) is 7.32. The lowest BCUT2D eigenvalue weighted by molar-refractivity contribution is 1.18. The number of benzene rings is 10. The van der Waals surface area contributed by atoms with E-state index in [2.05, 4.69) is 259 Å². The molecule has 3 aromatic heterocycles. The van der Waals surface area contributed by atoms with Gasteiger partial charge in [0.2, 0.25) is 0 Å². The second-order valence-corrected chi connectivity index (χ2v) is 17.6. The summed E-state index contributed by atoms with van der Waals surface area (Å²) in [4.78, 5) is 16.0. The van der Waals surface area contributed by atoms with E-state index in [1.165, 1.54) is 27.2 Å². The van der Waals surface area contributed by atoms with Gasteiger partial charge in [-0.1, -0.05) is 200 Å². The molecule has 0 fully saturated rings. The second kappa shape index (κ2) is 16.9. The minimum atomic E-state index is 0.669. The van der Waals surface area contributed by atoms with Crippen LogP contribution in [0.25, 0.3) is 128 Å². The molecular formula is C65H42N4. The Balaban J connectivity index is 0.931. The largest absolute Gasteiger partial charge is 0.309 e. The van der Waals surface area contributed by atoms with Crippen molar-refractivity contribution in [1.82, 2.24) is 19.5 Å². The fourth-order valence-corrected chi connectivity index (χ4v) is 9.98. The molecule has 13 aromatic rings. The first-order valence-corrected chi connectivity index (χ1v) is 23.4. The van der Waals surface area contributed by atoms with Crippen LogP contribution in [0.4, 0.5) is 0 Å². The molecule has 0 unspecified atom stereocenters. The van der Waals surface area contributed by atoms with Crippen molar-refractivity contribution < 1.29 is 0 Å². The van der Waals surface area contributed by atoms with Gasteiger partial charge >= 0.3 is 0 Å². The molecule has 0 aliphatic rings. The molecule has 3 heterocycles. The molecule has 0 radical (unpaired) electrons. The minimum Gasteiger partial charge on any atom is -0.309 e. The van der Waals surface area contributed by atoms with E-state index in [1.807, 2.05) is 0 Å². The summed E-state index contributed by atoms with van der Waals surface area (Å²) in [6.07, 6.45) is 0. The van der Waals surface area contributed by atoms with E-state index in [9.17, 15) is 0 Å². The van der Waals surface area contributed by atoms with Crippen molar-refractivity contribution in [3.63, 3.8) is 0 Å². The predicted octanol–water partition coefficient (Wildman–Crippen LogP) is 16.9. The van der Waals surface area contributed by atoms with Crippen molar-refractivity contribution in [1.29, 1.82) is 0 Å². The van der Waals surface area contributed by atoms with E-state index < -0.39 is 0 Å². The third-order valence-corrected chi connectivity index (χ3v) is 13.4. The molecule has 13 rings (SSSR count). The zero-order valence-corrected chi connectivity index (χ0v) is 37.5. The van der Waals surface area contributed by atoms with Gasteiger partial charge in [-0.3, -0.25) is 0 Å². The Bertz CT molecular complexity index is 3930. The lowest BCUT2D eigenvalue weighted by atomic mass is 9.96. The number of hydrogen-bond donors (Lipinski definition) is 0. The average Bonchev–Trinajstić information content (AvgIpc) is 3.76. The van der Waals surface area contributed by atoms with E-state index in [-0.39, 0.29) is 0 Å². The Labute approximate surface area is 400 Å². The standard InChI is InChI=1S/C65H42N4/c1-5-17-43(18-6-1)48-23-15-25-51(37-48)59-42-60(52-26-16-24-49(38-52)44-19-7-2-8-20-44)68-65(67-59)47-33-31-45(32-34-47)50-35-36-54-56-41-63-57(40-58(56)64(66-61(54)39-50)46-21-9-3-10-22-46)55-29-13-14-30-62(55)69(63)53-27-11-4-12-28-53/h1-42H. The Hall–Kier alpha value is -9.25. The van der Waals surface area contributed by atoms with Crippen molar-refractivity contribution in [2.75, 3.05) is 0 Å². The van der Waals surface area contributed by atoms with Crippen molar-refractivity contribution in [2.45, 2.75) is 0 Å². The average molecular weight is 879 g/mol. The highest BCUT2D eigenvalue weighted by molar-refractivity contribution is 6.20. The molecule has 322 valence electrons. The molecule has 0 aliphatic carbocycles. The highest BCUT2D eigenvalue weighted by Crippen LogP contribution is 2.41. The van der Waals surface area contributed by atoms with Crippen LogP contribution >= 0.6 is 0 Å².